The van der Waals surface area contributed by atoms with Gasteiger partial charge in [0.1, 0.15) is 11.2 Å². The fraction of sp³-hybridized carbons (Fsp3) is 0.0909. The third-order valence-corrected chi connectivity index (χ3v) is 5.80. The van der Waals surface area contributed by atoms with Crippen molar-refractivity contribution in [3.05, 3.63) is 101 Å². The van der Waals surface area contributed by atoms with E-state index >= 15 is 0 Å². The zero-order valence-corrected chi connectivity index (χ0v) is 17.2. The molecule has 1 N–H and O–H groups in total. The summed E-state index contributed by atoms with van der Waals surface area (Å²) in [6.07, 6.45) is 9.19. The molecule has 0 saturated carbocycles. The van der Waals surface area contributed by atoms with E-state index in [-0.39, 0.29) is 11.2 Å². The number of fused-ring (bicyclic) bond motifs is 1. The summed E-state index contributed by atoms with van der Waals surface area (Å²) in [5, 5.41) is 5.92. The van der Waals surface area contributed by atoms with Gasteiger partial charge in [0.15, 0.2) is 5.65 Å². The summed E-state index contributed by atoms with van der Waals surface area (Å²) in [5.74, 6) is -0.295. The number of allylic oxidation sites excluding steroid dienone is 2. The summed E-state index contributed by atoms with van der Waals surface area (Å²) in [7, 11) is 0. The average Bonchev–Trinajstić information content (AvgIpc) is 3.38. The van der Waals surface area contributed by atoms with Gasteiger partial charge in [-0.2, -0.15) is 0 Å². The average molecular weight is 425 g/mol. The van der Waals surface area contributed by atoms with Crippen molar-refractivity contribution in [2.75, 3.05) is 0 Å². The van der Waals surface area contributed by atoms with Crippen LogP contribution >= 0.6 is 23.4 Å². The van der Waals surface area contributed by atoms with Crippen molar-refractivity contribution in [2.45, 2.75) is 12.3 Å². The van der Waals surface area contributed by atoms with Gasteiger partial charge in [-0.05, 0) is 42.7 Å². The molecule has 1 aliphatic heterocycles. The lowest BCUT2D eigenvalue weighted by molar-refractivity contribution is 0.628. The van der Waals surface area contributed by atoms with Crippen molar-refractivity contribution in [3.8, 4) is 0 Å². The van der Waals surface area contributed by atoms with Crippen LogP contribution in [0.15, 0.2) is 78.2 Å². The normalized spacial score (nSPS) is 17.0. The molecule has 0 fully saturated rings. The van der Waals surface area contributed by atoms with Gasteiger partial charge >= 0.3 is 0 Å². The monoisotopic (exact) mass is 424 g/mol. The smallest absolute Gasteiger partial charge is 0.155 e. The van der Waals surface area contributed by atoms with E-state index in [4.69, 9.17) is 11.6 Å². The highest BCUT2D eigenvalue weighted by molar-refractivity contribution is 8.02. The van der Waals surface area contributed by atoms with Crippen molar-refractivity contribution >= 4 is 40.3 Å². The SMILES string of the molecule is C=C/N=C(\C(=C/C)c1cc(Cl)c2ncc(C3NC=CS3)n2c1)c1ccc(F)cc1. The lowest BCUT2D eigenvalue weighted by atomic mass is 9.96. The van der Waals surface area contributed by atoms with E-state index in [1.165, 1.54) is 18.3 Å². The number of aromatic nitrogens is 2. The van der Waals surface area contributed by atoms with E-state index in [9.17, 15) is 4.39 Å². The molecule has 4 rings (SSSR count). The standard InChI is InChI=1S/C22H18ClFN4S/c1-3-17(20(25-4-2)14-5-7-16(24)8-6-14)15-11-18(23)21-27-12-19(28(21)13-15)22-26-9-10-29-22/h3-13,22,26H,2H2,1H3/b17-3-,25-20-. The molecule has 7 heteroatoms. The zero-order valence-electron chi connectivity index (χ0n) is 15.6. The molecule has 0 saturated heterocycles. The Morgan fingerprint density at radius 3 is 2.79 bits per heavy atom. The second kappa shape index (κ2) is 8.27. The molecular weight excluding hydrogens is 407 g/mol. The molecule has 1 unspecified atom stereocenters. The maximum Gasteiger partial charge on any atom is 0.155 e. The first-order valence-electron chi connectivity index (χ1n) is 8.97. The van der Waals surface area contributed by atoms with Crippen LogP contribution in [-0.4, -0.2) is 15.1 Å². The van der Waals surface area contributed by atoms with Crippen LogP contribution in [-0.2, 0) is 0 Å². The lowest BCUT2D eigenvalue weighted by Crippen LogP contribution is -2.10. The van der Waals surface area contributed by atoms with Gasteiger partial charge < -0.3 is 5.32 Å². The number of nitrogens with zero attached hydrogens (tertiary/aromatic N) is 3. The summed E-state index contributed by atoms with van der Waals surface area (Å²) in [5.41, 5.74) is 4.92. The molecule has 0 radical (unpaired) electrons. The minimum atomic E-state index is -0.295. The van der Waals surface area contributed by atoms with Gasteiger partial charge in [0.05, 0.1) is 22.6 Å². The third kappa shape index (κ3) is 3.73. The quantitative estimate of drug-likeness (QED) is 0.513. The summed E-state index contributed by atoms with van der Waals surface area (Å²) in [6.45, 7) is 5.66. The Morgan fingerprint density at radius 2 is 2.14 bits per heavy atom. The Kier molecular flexibility index (Phi) is 5.56. The van der Waals surface area contributed by atoms with Crippen LogP contribution in [0.25, 0.3) is 11.2 Å². The maximum absolute atomic E-state index is 13.4. The van der Waals surface area contributed by atoms with E-state index in [1.807, 2.05) is 47.5 Å². The van der Waals surface area contributed by atoms with Crippen molar-refractivity contribution in [2.24, 2.45) is 4.99 Å². The van der Waals surface area contributed by atoms with Crippen LogP contribution in [0.5, 0.6) is 0 Å². The minimum absolute atomic E-state index is 0.0729. The number of halogens is 2. The van der Waals surface area contributed by atoms with E-state index in [2.05, 4.69) is 21.9 Å². The van der Waals surface area contributed by atoms with Crippen LogP contribution in [0.3, 0.4) is 0 Å². The van der Waals surface area contributed by atoms with Gasteiger partial charge in [0.25, 0.3) is 0 Å². The van der Waals surface area contributed by atoms with Gasteiger partial charge in [-0.1, -0.05) is 24.3 Å². The summed E-state index contributed by atoms with van der Waals surface area (Å²) in [6, 6.07) is 8.12. The maximum atomic E-state index is 13.4. The number of hydrogen-bond acceptors (Lipinski definition) is 4. The second-order valence-corrected chi connectivity index (χ2v) is 7.73. The first-order valence-corrected chi connectivity index (χ1v) is 10.3. The van der Waals surface area contributed by atoms with Gasteiger partial charge in [-0.15, -0.1) is 11.8 Å². The molecule has 0 aliphatic carbocycles. The molecule has 1 atom stereocenters. The fourth-order valence-electron chi connectivity index (χ4n) is 3.28. The summed E-state index contributed by atoms with van der Waals surface area (Å²) >= 11 is 8.24. The number of aliphatic imine (C=N–C) groups is 1. The van der Waals surface area contributed by atoms with Gasteiger partial charge in [-0.3, -0.25) is 9.39 Å². The Balaban J connectivity index is 1.84. The predicted molar refractivity (Wildman–Crippen MR) is 120 cm³/mol. The van der Waals surface area contributed by atoms with Gasteiger partial charge in [-0.25, -0.2) is 9.37 Å². The van der Waals surface area contributed by atoms with Crippen LogP contribution in [0.4, 0.5) is 4.39 Å². The molecule has 1 aromatic carbocycles. The van der Waals surface area contributed by atoms with Crippen molar-refractivity contribution in [1.29, 1.82) is 0 Å². The largest absolute Gasteiger partial charge is 0.374 e. The van der Waals surface area contributed by atoms with Crippen LogP contribution in [0, 0.1) is 5.82 Å². The Labute approximate surface area is 177 Å². The van der Waals surface area contributed by atoms with Crippen LogP contribution in [0.2, 0.25) is 5.02 Å². The molecule has 1 aliphatic rings. The fourth-order valence-corrected chi connectivity index (χ4v) is 4.33. The first-order chi connectivity index (χ1) is 14.1. The van der Waals surface area contributed by atoms with Gasteiger partial charge in [0, 0.05) is 35.3 Å². The van der Waals surface area contributed by atoms with Crippen LogP contribution in [0.1, 0.15) is 29.1 Å². The first kappa shape index (κ1) is 19.5. The van der Waals surface area contributed by atoms with E-state index in [0.717, 1.165) is 22.4 Å². The lowest BCUT2D eigenvalue weighted by Gasteiger charge is -2.15. The van der Waals surface area contributed by atoms with Crippen molar-refractivity contribution in [3.63, 3.8) is 0 Å². The van der Waals surface area contributed by atoms with E-state index in [0.29, 0.717) is 16.4 Å². The highest BCUT2D eigenvalue weighted by Crippen LogP contribution is 2.34. The third-order valence-electron chi connectivity index (χ3n) is 4.58. The van der Waals surface area contributed by atoms with E-state index < -0.39 is 0 Å². The topological polar surface area (TPSA) is 41.7 Å². The molecule has 29 heavy (non-hydrogen) atoms. The molecule has 3 heterocycles. The van der Waals surface area contributed by atoms with E-state index in [1.54, 1.807) is 23.9 Å². The number of hydrogen-bond donors (Lipinski definition) is 1. The number of pyridine rings is 1. The number of imidazole rings is 1. The molecule has 146 valence electrons. The molecule has 4 nitrogen and oxygen atoms in total. The number of benzene rings is 1. The van der Waals surface area contributed by atoms with Gasteiger partial charge in [0.2, 0.25) is 0 Å². The summed E-state index contributed by atoms with van der Waals surface area (Å²) in [4.78, 5) is 8.94. The van der Waals surface area contributed by atoms with Crippen molar-refractivity contribution in [1.82, 2.24) is 14.7 Å². The predicted octanol–water partition coefficient (Wildman–Crippen LogP) is 5.97. The molecule has 3 aromatic rings. The molecule has 0 spiro atoms. The highest BCUT2D eigenvalue weighted by Gasteiger charge is 2.20. The Morgan fingerprint density at radius 1 is 1.34 bits per heavy atom. The zero-order chi connectivity index (χ0) is 20.4. The summed E-state index contributed by atoms with van der Waals surface area (Å²) < 4.78 is 15.4. The second-order valence-electron chi connectivity index (χ2n) is 6.31. The minimum Gasteiger partial charge on any atom is -0.374 e. The molecule has 0 bridgehead atoms. The number of nitrogens with one attached hydrogen (secondary N) is 1. The Bertz CT molecular complexity index is 1150. The molecular formula is C22H18ClFN4S. The van der Waals surface area contributed by atoms with Crippen LogP contribution < -0.4 is 5.32 Å². The Hall–Kier alpha value is -2.83. The number of thioether (sulfide) groups is 1. The molecule has 2 aromatic heterocycles. The number of rotatable bonds is 5. The van der Waals surface area contributed by atoms with Crippen molar-refractivity contribution < 1.29 is 4.39 Å². The highest BCUT2D eigenvalue weighted by atomic mass is 35.5. The molecule has 0 amide bonds.